The van der Waals surface area contributed by atoms with Crippen LogP contribution in [0.25, 0.3) is 0 Å². The zero-order valence-electron chi connectivity index (χ0n) is 18.6. The molecule has 0 saturated heterocycles. The number of esters is 1. The standard InChI is InChI=1S/C21H26O3.C3H7NO2/c1-5-24-13-15-11-19(22-3)21(20(12-15)23-4)18-10-9-16-14(2)7-6-8-17(16)18;1-6-3(5)2-4/h6-8,11-12,18H,5,9-10,13H2,1-4H3;2,4H2,1H3/t18-;/m0./s1. The van der Waals surface area contributed by atoms with Crippen molar-refractivity contribution in [3.8, 4) is 11.5 Å². The summed E-state index contributed by atoms with van der Waals surface area (Å²) in [5, 5.41) is 0. The van der Waals surface area contributed by atoms with Crippen molar-refractivity contribution in [1.82, 2.24) is 0 Å². The molecular weight excluding hydrogens is 382 g/mol. The number of benzene rings is 2. The lowest BCUT2D eigenvalue weighted by Crippen LogP contribution is -2.14. The zero-order valence-corrected chi connectivity index (χ0v) is 18.6. The minimum Gasteiger partial charge on any atom is -0.496 e. The van der Waals surface area contributed by atoms with Gasteiger partial charge in [0.1, 0.15) is 11.5 Å². The molecule has 2 aromatic rings. The minimum atomic E-state index is -0.380. The van der Waals surface area contributed by atoms with E-state index in [2.05, 4.69) is 42.0 Å². The number of carbonyl (C=O) groups is 1. The SMILES string of the molecule is CCOCc1cc(OC)c([C@H]2CCc3c(C)cccc32)c(OC)c1.COC(=O)CN. The van der Waals surface area contributed by atoms with E-state index in [1.54, 1.807) is 14.2 Å². The van der Waals surface area contributed by atoms with Gasteiger partial charge in [-0.2, -0.15) is 0 Å². The number of aryl methyl sites for hydroxylation is 1. The summed E-state index contributed by atoms with van der Waals surface area (Å²) in [7, 11) is 4.76. The van der Waals surface area contributed by atoms with E-state index in [9.17, 15) is 4.79 Å². The van der Waals surface area contributed by atoms with Gasteiger partial charge >= 0.3 is 5.97 Å². The van der Waals surface area contributed by atoms with Crippen LogP contribution in [0.5, 0.6) is 11.5 Å². The van der Waals surface area contributed by atoms with Gasteiger partial charge in [0.2, 0.25) is 0 Å². The van der Waals surface area contributed by atoms with Crippen LogP contribution >= 0.6 is 0 Å². The highest BCUT2D eigenvalue weighted by atomic mass is 16.5. The number of hydrogen-bond acceptors (Lipinski definition) is 6. The van der Waals surface area contributed by atoms with Gasteiger partial charge in [-0.05, 0) is 61.1 Å². The van der Waals surface area contributed by atoms with Crippen molar-refractivity contribution in [1.29, 1.82) is 0 Å². The fourth-order valence-corrected chi connectivity index (χ4v) is 3.86. The van der Waals surface area contributed by atoms with Crippen molar-refractivity contribution in [3.05, 3.63) is 58.1 Å². The van der Waals surface area contributed by atoms with Gasteiger partial charge in [0.15, 0.2) is 0 Å². The summed E-state index contributed by atoms with van der Waals surface area (Å²) >= 11 is 0. The molecule has 1 aliphatic rings. The summed E-state index contributed by atoms with van der Waals surface area (Å²) < 4.78 is 21.1. The first-order chi connectivity index (χ1) is 14.5. The van der Waals surface area contributed by atoms with E-state index in [4.69, 9.17) is 19.9 Å². The Kier molecular flexibility index (Phi) is 9.15. The molecule has 0 aliphatic heterocycles. The molecule has 164 valence electrons. The Bertz CT molecular complexity index is 818. The van der Waals surface area contributed by atoms with Crippen LogP contribution in [0.15, 0.2) is 30.3 Å². The van der Waals surface area contributed by atoms with Crippen LogP contribution in [0.3, 0.4) is 0 Å². The normalized spacial score (nSPS) is 14.4. The third-order valence-corrected chi connectivity index (χ3v) is 5.32. The fourth-order valence-electron chi connectivity index (χ4n) is 3.86. The molecule has 6 heteroatoms. The Morgan fingerprint density at radius 3 is 2.30 bits per heavy atom. The van der Waals surface area contributed by atoms with Crippen LogP contribution in [-0.2, 0) is 27.3 Å². The van der Waals surface area contributed by atoms with Crippen LogP contribution in [0.2, 0.25) is 0 Å². The average molecular weight is 416 g/mol. The second kappa shape index (κ2) is 11.6. The van der Waals surface area contributed by atoms with Gasteiger partial charge in [-0.3, -0.25) is 4.79 Å². The fraction of sp³-hybridized carbons (Fsp3) is 0.458. The minimum absolute atomic E-state index is 0.0312. The van der Waals surface area contributed by atoms with Gasteiger partial charge in [-0.15, -0.1) is 0 Å². The Hall–Kier alpha value is -2.57. The summed E-state index contributed by atoms with van der Waals surface area (Å²) in [6.07, 6.45) is 2.21. The first-order valence-corrected chi connectivity index (χ1v) is 10.2. The molecule has 0 amide bonds. The molecule has 0 spiro atoms. The van der Waals surface area contributed by atoms with Crippen LogP contribution < -0.4 is 15.2 Å². The predicted molar refractivity (Wildman–Crippen MR) is 117 cm³/mol. The Morgan fingerprint density at radius 2 is 1.80 bits per heavy atom. The monoisotopic (exact) mass is 415 g/mol. The van der Waals surface area contributed by atoms with E-state index in [1.807, 2.05) is 6.92 Å². The summed E-state index contributed by atoms with van der Waals surface area (Å²) in [5.41, 5.74) is 11.3. The maximum Gasteiger partial charge on any atom is 0.319 e. The number of fused-ring (bicyclic) bond motifs is 1. The van der Waals surface area contributed by atoms with Gasteiger partial charge in [0.05, 0.1) is 34.5 Å². The van der Waals surface area contributed by atoms with Crippen LogP contribution in [0.1, 0.15) is 47.1 Å². The molecule has 0 heterocycles. The molecule has 3 rings (SSSR count). The van der Waals surface area contributed by atoms with Crippen molar-refractivity contribution >= 4 is 5.97 Å². The zero-order chi connectivity index (χ0) is 22.1. The van der Waals surface area contributed by atoms with Gasteiger partial charge in [0.25, 0.3) is 0 Å². The van der Waals surface area contributed by atoms with Crippen molar-refractivity contribution in [3.63, 3.8) is 0 Å². The van der Waals surface area contributed by atoms with Crippen molar-refractivity contribution in [2.24, 2.45) is 5.73 Å². The number of nitrogens with two attached hydrogens (primary N) is 1. The maximum atomic E-state index is 9.83. The average Bonchev–Trinajstić information content (AvgIpc) is 3.21. The predicted octanol–water partition coefficient (Wildman–Crippen LogP) is 3.74. The molecule has 0 aromatic heterocycles. The van der Waals surface area contributed by atoms with Crippen LogP contribution in [-0.4, -0.2) is 40.5 Å². The molecule has 0 bridgehead atoms. The smallest absolute Gasteiger partial charge is 0.319 e. The lowest BCUT2D eigenvalue weighted by Gasteiger charge is -2.21. The summed E-state index contributed by atoms with van der Waals surface area (Å²) in [5.74, 6) is 1.73. The highest BCUT2D eigenvalue weighted by Crippen LogP contribution is 2.47. The quantitative estimate of drug-likeness (QED) is 0.694. The molecule has 0 fully saturated rings. The van der Waals surface area contributed by atoms with E-state index in [1.165, 1.54) is 23.8 Å². The molecule has 2 aromatic carbocycles. The number of hydrogen-bond donors (Lipinski definition) is 1. The second-order valence-corrected chi connectivity index (χ2v) is 7.07. The van der Waals surface area contributed by atoms with Crippen molar-refractivity contribution in [2.45, 2.75) is 39.2 Å². The van der Waals surface area contributed by atoms with E-state index in [0.717, 1.165) is 35.5 Å². The van der Waals surface area contributed by atoms with E-state index < -0.39 is 0 Å². The summed E-state index contributed by atoms with van der Waals surface area (Å²) in [4.78, 5) is 9.83. The Labute approximate surface area is 179 Å². The molecule has 0 saturated carbocycles. The molecule has 1 aliphatic carbocycles. The molecule has 6 nitrogen and oxygen atoms in total. The van der Waals surface area contributed by atoms with E-state index in [-0.39, 0.29) is 12.5 Å². The summed E-state index contributed by atoms with van der Waals surface area (Å²) in [6, 6.07) is 10.8. The number of methoxy groups -OCH3 is 3. The first-order valence-electron chi connectivity index (χ1n) is 10.2. The van der Waals surface area contributed by atoms with E-state index >= 15 is 0 Å². The molecule has 2 N–H and O–H groups in total. The molecule has 1 atom stereocenters. The maximum absolute atomic E-state index is 9.83. The number of rotatable bonds is 7. The van der Waals surface area contributed by atoms with Gasteiger partial charge in [-0.25, -0.2) is 0 Å². The van der Waals surface area contributed by atoms with Gasteiger partial charge in [0, 0.05) is 18.1 Å². The van der Waals surface area contributed by atoms with Crippen molar-refractivity contribution in [2.75, 3.05) is 34.5 Å². The van der Waals surface area contributed by atoms with Crippen molar-refractivity contribution < 1.29 is 23.7 Å². The van der Waals surface area contributed by atoms with Gasteiger partial charge < -0.3 is 24.7 Å². The third-order valence-electron chi connectivity index (χ3n) is 5.32. The highest BCUT2D eigenvalue weighted by molar-refractivity contribution is 5.71. The Balaban J connectivity index is 0.000000469. The lowest BCUT2D eigenvalue weighted by atomic mass is 9.90. The molecule has 30 heavy (non-hydrogen) atoms. The largest absolute Gasteiger partial charge is 0.496 e. The number of ether oxygens (including phenoxy) is 4. The molecule has 0 radical (unpaired) electrons. The second-order valence-electron chi connectivity index (χ2n) is 7.07. The van der Waals surface area contributed by atoms with E-state index in [0.29, 0.717) is 19.1 Å². The Morgan fingerprint density at radius 1 is 1.13 bits per heavy atom. The van der Waals surface area contributed by atoms with Crippen LogP contribution in [0.4, 0.5) is 0 Å². The first kappa shape index (κ1) is 23.7. The third kappa shape index (κ3) is 5.52. The number of carbonyl (C=O) groups excluding carboxylic acids is 1. The molecular formula is C24H33NO5. The molecule has 0 unspecified atom stereocenters. The summed E-state index contributed by atoms with van der Waals surface area (Å²) in [6.45, 7) is 5.43. The van der Waals surface area contributed by atoms with Crippen LogP contribution in [0, 0.1) is 6.92 Å². The highest BCUT2D eigenvalue weighted by Gasteiger charge is 2.30. The lowest BCUT2D eigenvalue weighted by molar-refractivity contribution is -0.138. The van der Waals surface area contributed by atoms with Gasteiger partial charge in [-0.1, -0.05) is 18.2 Å². The topological polar surface area (TPSA) is 80.0 Å².